The van der Waals surface area contributed by atoms with E-state index in [2.05, 4.69) is 9.64 Å². The number of carbonyl (C=O) groups is 2. The predicted molar refractivity (Wildman–Crippen MR) is 66.4 cm³/mol. The van der Waals surface area contributed by atoms with Crippen molar-refractivity contribution in [2.75, 3.05) is 40.0 Å². The third kappa shape index (κ3) is 4.33. The molecule has 6 heteroatoms. The molecule has 2 bridgehead atoms. The van der Waals surface area contributed by atoms with Gasteiger partial charge < -0.3 is 14.2 Å². The van der Waals surface area contributed by atoms with Gasteiger partial charge in [0.05, 0.1) is 19.8 Å². The minimum absolute atomic E-state index is 0.323. The van der Waals surface area contributed by atoms with Crippen LogP contribution in [0.5, 0.6) is 0 Å². The number of carbonyl (C=O) groups excluding carboxylic acids is 2. The van der Waals surface area contributed by atoms with Crippen LogP contribution in [0.4, 0.5) is 0 Å². The topological polar surface area (TPSA) is 65.1 Å². The van der Waals surface area contributed by atoms with Crippen molar-refractivity contribution in [3.63, 3.8) is 0 Å². The molecule has 0 aromatic heterocycles. The fourth-order valence-electron chi connectivity index (χ4n) is 2.47. The van der Waals surface area contributed by atoms with Gasteiger partial charge in [0.25, 0.3) is 0 Å². The highest BCUT2D eigenvalue weighted by molar-refractivity contribution is 5.91. The molecule has 2 unspecified atom stereocenters. The second-order valence-electron chi connectivity index (χ2n) is 4.84. The number of rotatable bonds is 5. The van der Waals surface area contributed by atoms with Crippen molar-refractivity contribution in [1.82, 2.24) is 4.90 Å². The van der Waals surface area contributed by atoms with Crippen LogP contribution in [0.15, 0.2) is 12.2 Å². The molecule has 0 aromatic carbocycles. The molecule has 2 fully saturated rings. The molecule has 6 nitrogen and oxygen atoms in total. The fraction of sp³-hybridized carbons (Fsp3) is 0.692. The molecule has 0 spiro atoms. The minimum atomic E-state index is -0.568. The number of likely N-dealkylation sites (tertiary alicyclic amines) is 1. The van der Waals surface area contributed by atoms with Gasteiger partial charge in [-0.2, -0.15) is 0 Å². The zero-order valence-corrected chi connectivity index (χ0v) is 11.0. The number of hydrogen-bond acceptors (Lipinski definition) is 6. The SMILES string of the molecule is COC(=O)C=CC(=O)OCCN1CC2COC(C2)C1. The minimum Gasteiger partial charge on any atom is -0.466 e. The number of hydrogen-bond donors (Lipinski definition) is 0. The van der Waals surface area contributed by atoms with Crippen LogP contribution in [0, 0.1) is 5.92 Å². The Balaban J connectivity index is 1.62. The van der Waals surface area contributed by atoms with Crippen LogP contribution in [-0.4, -0.2) is 62.9 Å². The summed E-state index contributed by atoms with van der Waals surface area (Å²) in [4.78, 5) is 24.3. The lowest BCUT2D eigenvalue weighted by Gasteiger charge is -2.29. The molecule has 2 atom stereocenters. The molecule has 0 saturated carbocycles. The Morgan fingerprint density at radius 3 is 2.84 bits per heavy atom. The average Bonchev–Trinajstić information content (AvgIpc) is 2.75. The molecule has 0 aliphatic carbocycles. The van der Waals surface area contributed by atoms with E-state index >= 15 is 0 Å². The molecule has 106 valence electrons. The van der Waals surface area contributed by atoms with E-state index in [1.54, 1.807) is 0 Å². The van der Waals surface area contributed by atoms with E-state index in [-0.39, 0.29) is 0 Å². The van der Waals surface area contributed by atoms with Gasteiger partial charge in [-0.1, -0.05) is 0 Å². The Hall–Kier alpha value is -1.40. The first-order valence-electron chi connectivity index (χ1n) is 6.44. The lowest BCUT2D eigenvalue weighted by atomic mass is 10.0. The largest absolute Gasteiger partial charge is 0.466 e. The first-order valence-corrected chi connectivity index (χ1v) is 6.44. The Kier molecular flexibility index (Phi) is 4.93. The van der Waals surface area contributed by atoms with Gasteiger partial charge in [-0.05, 0) is 12.3 Å². The van der Waals surface area contributed by atoms with Crippen LogP contribution < -0.4 is 0 Å². The van der Waals surface area contributed by atoms with E-state index in [1.165, 1.54) is 7.11 Å². The van der Waals surface area contributed by atoms with E-state index in [0.29, 0.717) is 25.2 Å². The molecule has 0 amide bonds. The zero-order chi connectivity index (χ0) is 13.7. The summed E-state index contributed by atoms with van der Waals surface area (Å²) in [5.41, 5.74) is 0. The number of piperidine rings is 1. The van der Waals surface area contributed by atoms with Gasteiger partial charge >= 0.3 is 11.9 Å². The van der Waals surface area contributed by atoms with Crippen molar-refractivity contribution in [1.29, 1.82) is 0 Å². The van der Waals surface area contributed by atoms with Gasteiger partial charge in [0.2, 0.25) is 0 Å². The van der Waals surface area contributed by atoms with Gasteiger partial charge in [0, 0.05) is 31.8 Å². The Bertz CT molecular complexity index is 356. The van der Waals surface area contributed by atoms with Crippen LogP contribution in [-0.2, 0) is 23.8 Å². The molecule has 2 rings (SSSR count). The van der Waals surface area contributed by atoms with Crippen molar-refractivity contribution >= 4 is 11.9 Å². The maximum absolute atomic E-state index is 11.3. The zero-order valence-electron chi connectivity index (χ0n) is 11.0. The molecule has 2 saturated heterocycles. The summed E-state index contributed by atoms with van der Waals surface area (Å²) in [6.07, 6.45) is 3.62. The Labute approximate surface area is 112 Å². The van der Waals surface area contributed by atoms with Crippen molar-refractivity contribution < 1.29 is 23.8 Å². The summed E-state index contributed by atoms with van der Waals surface area (Å²) in [5, 5.41) is 0. The number of methoxy groups -OCH3 is 1. The lowest BCUT2D eigenvalue weighted by molar-refractivity contribution is -0.139. The highest BCUT2D eigenvalue weighted by atomic mass is 16.5. The summed E-state index contributed by atoms with van der Waals surface area (Å²) in [6.45, 7) is 3.79. The van der Waals surface area contributed by atoms with E-state index in [9.17, 15) is 9.59 Å². The van der Waals surface area contributed by atoms with Gasteiger partial charge in [-0.3, -0.25) is 4.90 Å². The van der Waals surface area contributed by atoms with Crippen molar-refractivity contribution in [3.05, 3.63) is 12.2 Å². The van der Waals surface area contributed by atoms with Crippen molar-refractivity contribution in [2.45, 2.75) is 12.5 Å². The third-order valence-corrected chi connectivity index (χ3v) is 3.35. The van der Waals surface area contributed by atoms with Gasteiger partial charge in [0.15, 0.2) is 0 Å². The standard InChI is InChI=1S/C13H19NO5/c1-17-12(15)2-3-13(16)18-5-4-14-7-10-6-11(8-14)19-9-10/h2-3,10-11H,4-9H2,1H3. The fourth-order valence-corrected chi connectivity index (χ4v) is 2.47. The maximum atomic E-state index is 11.3. The smallest absolute Gasteiger partial charge is 0.331 e. The number of fused-ring (bicyclic) bond motifs is 2. The van der Waals surface area contributed by atoms with Crippen molar-refractivity contribution in [2.24, 2.45) is 5.92 Å². The first-order chi connectivity index (χ1) is 9.17. The quantitative estimate of drug-likeness (QED) is 0.516. The number of ether oxygens (including phenoxy) is 3. The third-order valence-electron chi connectivity index (χ3n) is 3.35. The summed E-state index contributed by atoms with van der Waals surface area (Å²) < 4.78 is 15.0. The van der Waals surface area contributed by atoms with Crippen LogP contribution in [0.2, 0.25) is 0 Å². The first kappa shape index (κ1) is 14.0. The highest BCUT2D eigenvalue weighted by Crippen LogP contribution is 2.26. The predicted octanol–water partition coefficient (Wildman–Crippen LogP) is -0.0205. The van der Waals surface area contributed by atoms with Crippen LogP contribution >= 0.6 is 0 Å². The second-order valence-corrected chi connectivity index (χ2v) is 4.84. The summed E-state index contributed by atoms with van der Waals surface area (Å²) in [7, 11) is 1.25. The monoisotopic (exact) mass is 269 g/mol. The number of nitrogens with zero attached hydrogens (tertiary/aromatic N) is 1. The van der Waals surface area contributed by atoms with E-state index < -0.39 is 11.9 Å². The molecular formula is C13H19NO5. The van der Waals surface area contributed by atoms with Crippen LogP contribution in [0.1, 0.15) is 6.42 Å². The summed E-state index contributed by atoms with van der Waals surface area (Å²) >= 11 is 0. The Morgan fingerprint density at radius 1 is 1.32 bits per heavy atom. The van der Waals surface area contributed by atoms with Gasteiger partial charge in [-0.25, -0.2) is 9.59 Å². The van der Waals surface area contributed by atoms with E-state index in [4.69, 9.17) is 9.47 Å². The normalized spacial score (nSPS) is 26.6. The van der Waals surface area contributed by atoms with Crippen LogP contribution in [0.3, 0.4) is 0 Å². The molecule has 0 N–H and O–H groups in total. The highest BCUT2D eigenvalue weighted by Gasteiger charge is 2.33. The lowest BCUT2D eigenvalue weighted by Crippen LogP contribution is -2.41. The molecule has 19 heavy (non-hydrogen) atoms. The summed E-state index contributed by atoms with van der Waals surface area (Å²) in [6, 6.07) is 0. The molecular weight excluding hydrogens is 250 g/mol. The molecule has 0 aromatic rings. The maximum Gasteiger partial charge on any atom is 0.331 e. The summed E-state index contributed by atoms with van der Waals surface area (Å²) in [5.74, 6) is -0.475. The van der Waals surface area contributed by atoms with Gasteiger partial charge in [-0.15, -0.1) is 0 Å². The molecule has 2 aliphatic rings. The average molecular weight is 269 g/mol. The Morgan fingerprint density at radius 2 is 2.11 bits per heavy atom. The van der Waals surface area contributed by atoms with E-state index in [1.807, 2.05) is 0 Å². The second kappa shape index (κ2) is 6.68. The van der Waals surface area contributed by atoms with Crippen LogP contribution in [0.25, 0.3) is 0 Å². The van der Waals surface area contributed by atoms with Gasteiger partial charge in [0.1, 0.15) is 6.61 Å². The van der Waals surface area contributed by atoms with E-state index in [0.717, 1.165) is 38.3 Å². The number of esters is 2. The molecule has 0 radical (unpaired) electrons. The van der Waals surface area contributed by atoms with Crippen molar-refractivity contribution in [3.8, 4) is 0 Å². The molecule has 2 heterocycles. The molecule has 2 aliphatic heterocycles.